The molecule has 0 heterocycles. The van der Waals surface area contributed by atoms with Crippen molar-refractivity contribution in [2.24, 2.45) is 0 Å². The molecule has 1 heteroatoms. The van der Waals surface area contributed by atoms with E-state index in [0.29, 0.717) is 5.78 Å². The van der Waals surface area contributed by atoms with Crippen LogP contribution in [0.4, 0.5) is 0 Å². The highest BCUT2D eigenvalue weighted by Crippen LogP contribution is 2.37. The first-order valence-corrected chi connectivity index (χ1v) is 6.82. The smallest absolute Gasteiger partial charge is 0.140 e. The van der Waals surface area contributed by atoms with Gasteiger partial charge in [-0.1, -0.05) is 50.6 Å². The lowest BCUT2D eigenvalue weighted by Crippen LogP contribution is -2.23. The molecule has 0 radical (unpaired) electrons. The lowest BCUT2D eigenvalue weighted by atomic mass is 9.74. The van der Waals surface area contributed by atoms with Gasteiger partial charge in [-0.25, -0.2) is 0 Å². The number of hydrogen-bond acceptors (Lipinski definition) is 1. The van der Waals surface area contributed by atoms with Gasteiger partial charge in [0.05, 0.1) is 0 Å². The summed E-state index contributed by atoms with van der Waals surface area (Å²) in [6, 6.07) is 8.35. The van der Waals surface area contributed by atoms with E-state index in [1.165, 1.54) is 17.5 Å². The molecule has 1 unspecified atom stereocenters. The van der Waals surface area contributed by atoms with E-state index < -0.39 is 0 Å². The van der Waals surface area contributed by atoms with E-state index in [0.717, 1.165) is 19.3 Å². The highest BCUT2D eigenvalue weighted by Gasteiger charge is 2.29. The van der Waals surface area contributed by atoms with Gasteiger partial charge in [0.1, 0.15) is 5.78 Å². The fourth-order valence-electron chi connectivity index (χ4n) is 2.81. The molecule has 1 fully saturated rings. The minimum atomic E-state index is -0.0751. The van der Waals surface area contributed by atoms with E-state index in [9.17, 15) is 4.79 Å². The Morgan fingerprint density at radius 2 is 2.00 bits per heavy atom. The maximum atomic E-state index is 12.1. The summed E-state index contributed by atoms with van der Waals surface area (Å²) in [6.07, 6.45) is 5.94. The molecule has 0 bridgehead atoms. The van der Waals surface area contributed by atoms with Crippen LogP contribution >= 0.6 is 0 Å². The van der Waals surface area contributed by atoms with Crippen LogP contribution in [0.3, 0.4) is 0 Å². The Morgan fingerprint density at radius 1 is 1.28 bits per heavy atom. The summed E-state index contributed by atoms with van der Waals surface area (Å²) in [5, 5.41) is 0. The predicted molar refractivity (Wildman–Crippen MR) is 75.9 cm³/mol. The van der Waals surface area contributed by atoms with Crippen molar-refractivity contribution < 1.29 is 4.79 Å². The van der Waals surface area contributed by atoms with E-state index in [1.54, 1.807) is 0 Å². The lowest BCUT2D eigenvalue weighted by molar-refractivity contribution is -0.121. The van der Waals surface area contributed by atoms with E-state index in [2.05, 4.69) is 38.6 Å². The minimum absolute atomic E-state index is 0.0751. The largest absolute Gasteiger partial charge is 0.299 e. The molecule has 1 aromatic carbocycles. The van der Waals surface area contributed by atoms with E-state index >= 15 is 0 Å². The third-order valence-corrected chi connectivity index (χ3v) is 4.10. The van der Waals surface area contributed by atoms with Gasteiger partial charge in [0.2, 0.25) is 0 Å². The lowest BCUT2D eigenvalue weighted by Gasteiger charge is -2.29. The molecule has 1 aromatic rings. The van der Waals surface area contributed by atoms with Crippen molar-refractivity contribution in [2.75, 3.05) is 0 Å². The van der Waals surface area contributed by atoms with Crippen LogP contribution in [0, 0.1) is 0 Å². The summed E-state index contributed by atoms with van der Waals surface area (Å²) >= 11 is 0. The highest BCUT2D eigenvalue weighted by molar-refractivity contribution is 5.86. The zero-order valence-electron chi connectivity index (χ0n) is 11.4. The molecule has 96 valence electrons. The molecule has 1 nitrogen and oxygen atoms in total. The van der Waals surface area contributed by atoms with Crippen LogP contribution < -0.4 is 0 Å². The summed E-state index contributed by atoms with van der Waals surface area (Å²) in [6.45, 7) is 8.25. The van der Waals surface area contributed by atoms with Crippen molar-refractivity contribution >= 4 is 5.78 Å². The van der Waals surface area contributed by atoms with Crippen LogP contribution in [0.5, 0.6) is 0 Å². The second kappa shape index (κ2) is 5.09. The number of ketones is 1. The molecule has 0 saturated heterocycles. The van der Waals surface area contributed by atoms with Gasteiger partial charge >= 0.3 is 0 Å². The second-order valence-electron chi connectivity index (χ2n) is 5.78. The van der Waals surface area contributed by atoms with E-state index in [4.69, 9.17) is 0 Å². The zero-order valence-corrected chi connectivity index (χ0v) is 11.4. The van der Waals surface area contributed by atoms with Crippen LogP contribution in [0.15, 0.2) is 36.9 Å². The van der Waals surface area contributed by atoms with Gasteiger partial charge in [-0.05, 0) is 24.0 Å². The average molecular weight is 242 g/mol. The van der Waals surface area contributed by atoms with Crippen molar-refractivity contribution in [2.45, 2.75) is 50.9 Å². The molecule has 1 aliphatic rings. The van der Waals surface area contributed by atoms with E-state index in [-0.39, 0.29) is 11.3 Å². The summed E-state index contributed by atoms with van der Waals surface area (Å²) in [4.78, 5) is 12.1. The zero-order chi connectivity index (χ0) is 13.2. The molecule has 1 atom stereocenters. The Kier molecular flexibility index (Phi) is 3.70. The highest BCUT2D eigenvalue weighted by atomic mass is 16.1. The molecular formula is C17H22O. The van der Waals surface area contributed by atoms with Gasteiger partial charge in [0.15, 0.2) is 0 Å². The Bertz CT molecular complexity index is 456. The number of Topliss-reactive ketones (excluding diaryl/α,β-unsaturated/α-hetero) is 1. The number of benzene rings is 1. The van der Waals surface area contributed by atoms with Gasteiger partial charge < -0.3 is 0 Å². The number of carbonyl (C=O) groups is 1. The molecule has 0 spiro atoms. The first-order valence-electron chi connectivity index (χ1n) is 6.82. The van der Waals surface area contributed by atoms with Gasteiger partial charge in [-0.15, -0.1) is 6.58 Å². The fourth-order valence-corrected chi connectivity index (χ4v) is 2.81. The minimum Gasteiger partial charge on any atom is -0.299 e. The summed E-state index contributed by atoms with van der Waals surface area (Å²) in [7, 11) is 0. The molecule has 2 rings (SSSR count). The number of rotatable bonds is 3. The Labute approximate surface area is 110 Å². The third-order valence-electron chi connectivity index (χ3n) is 4.10. The van der Waals surface area contributed by atoms with Crippen LogP contribution in [-0.2, 0) is 10.2 Å². The maximum absolute atomic E-state index is 12.1. The van der Waals surface area contributed by atoms with Crippen LogP contribution in [0.1, 0.15) is 56.6 Å². The summed E-state index contributed by atoms with van der Waals surface area (Å²) in [5.41, 5.74) is 2.39. The predicted octanol–water partition coefficient (Wildman–Crippen LogP) is 4.38. The summed E-state index contributed by atoms with van der Waals surface area (Å²) in [5.74, 6) is 0.516. The van der Waals surface area contributed by atoms with Crippen LogP contribution in [-0.4, -0.2) is 5.78 Å². The van der Waals surface area contributed by atoms with Crippen molar-refractivity contribution in [3.8, 4) is 0 Å². The fraction of sp³-hybridized carbons (Fsp3) is 0.471. The molecule has 0 aromatic heterocycles. The number of hydrogen-bond donors (Lipinski definition) is 0. The quantitative estimate of drug-likeness (QED) is 0.719. The molecule has 1 saturated carbocycles. The standard InChI is InChI=1S/C17H22O/c1-4-17(2,3)15-11-7-5-9-13(15)14-10-6-8-12-16(14)18/h4-5,7,9,11,14H,1,6,8,10,12H2,2-3H3. The first kappa shape index (κ1) is 13.1. The average Bonchev–Trinajstić information content (AvgIpc) is 2.39. The molecule has 0 aliphatic heterocycles. The third kappa shape index (κ3) is 2.40. The normalized spacial score (nSPS) is 20.8. The topological polar surface area (TPSA) is 17.1 Å². The molecule has 18 heavy (non-hydrogen) atoms. The van der Waals surface area contributed by atoms with Crippen molar-refractivity contribution in [3.63, 3.8) is 0 Å². The maximum Gasteiger partial charge on any atom is 0.140 e. The van der Waals surface area contributed by atoms with Gasteiger partial charge in [0, 0.05) is 17.8 Å². The van der Waals surface area contributed by atoms with Crippen molar-refractivity contribution in [3.05, 3.63) is 48.0 Å². The SMILES string of the molecule is C=CC(C)(C)c1ccccc1C1CCCCC1=O. The number of allylic oxidation sites excluding steroid dienone is 1. The Morgan fingerprint density at radius 3 is 2.67 bits per heavy atom. The van der Waals surface area contributed by atoms with Gasteiger partial charge in [-0.2, -0.15) is 0 Å². The van der Waals surface area contributed by atoms with Crippen molar-refractivity contribution in [1.82, 2.24) is 0 Å². The first-order chi connectivity index (χ1) is 8.56. The van der Waals surface area contributed by atoms with Crippen LogP contribution in [0.25, 0.3) is 0 Å². The van der Waals surface area contributed by atoms with Gasteiger partial charge in [-0.3, -0.25) is 4.79 Å². The summed E-state index contributed by atoms with van der Waals surface area (Å²) < 4.78 is 0. The van der Waals surface area contributed by atoms with E-state index in [1.807, 2.05) is 12.1 Å². The monoisotopic (exact) mass is 242 g/mol. The molecule has 1 aliphatic carbocycles. The molecule has 0 amide bonds. The Balaban J connectivity index is 2.44. The van der Waals surface area contributed by atoms with Gasteiger partial charge in [0.25, 0.3) is 0 Å². The molecule has 0 N–H and O–H groups in total. The Hall–Kier alpha value is -1.37. The molecular weight excluding hydrogens is 220 g/mol. The number of carbonyl (C=O) groups excluding carboxylic acids is 1. The second-order valence-corrected chi connectivity index (χ2v) is 5.78. The van der Waals surface area contributed by atoms with Crippen LogP contribution in [0.2, 0.25) is 0 Å². The van der Waals surface area contributed by atoms with Crippen molar-refractivity contribution in [1.29, 1.82) is 0 Å².